The summed E-state index contributed by atoms with van der Waals surface area (Å²) in [5, 5.41) is 0.515. The summed E-state index contributed by atoms with van der Waals surface area (Å²) in [5.74, 6) is 0.727. The van der Waals surface area contributed by atoms with E-state index in [1.165, 1.54) is 17.7 Å². The van der Waals surface area contributed by atoms with Gasteiger partial charge in [-0.2, -0.15) is 0 Å². The Morgan fingerprint density at radius 3 is 2.90 bits per heavy atom. The van der Waals surface area contributed by atoms with Crippen LogP contribution in [0.5, 0.6) is 0 Å². The number of fused-ring (bicyclic) bond motifs is 1. The summed E-state index contributed by atoms with van der Waals surface area (Å²) >= 11 is 6.09. The minimum Gasteiger partial charge on any atom is -0.374 e. The minimum absolute atomic E-state index is 0.515. The molecule has 2 aromatic rings. The molecule has 20 heavy (non-hydrogen) atoms. The molecule has 1 aliphatic rings. The number of hydrogen-bond donors (Lipinski definition) is 0. The molecule has 0 amide bonds. The average molecular weight is 288 g/mol. The molecule has 104 valence electrons. The second-order valence-electron chi connectivity index (χ2n) is 5.23. The van der Waals surface area contributed by atoms with Gasteiger partial charge in [0, 0.05) is 30.5 Å². The van der Waals surface area contributed by atoms with Crippen LogP contribution >= 0.6 is 11.6 Å². The zero-order valence-corrected chi connectivity index (χ0v) is 12.6. The monoisotopic (exact) mass is 287 g/mol. The Kier molecular flexibility index (Phi) is 3.62. The summed E-state index contributed by atoms with van der Waals surface area (Å²) in [5.41, 5.74) is 4.72. The van der Waals surface area contributed by atoms with Gasteiger partial charge in [0.05, 0.1) is 0 Å². The largest absolute Gasteiger partial charge is 0.374 e. The highest BCUT2D eigenvalue weighted by atomic mass is 35.5. The first-order chi connectivity index (χ1) is 9.67. The highest BCUT2D eigenvalue weighted by molar-refractivity contribution is 6.29. The lowest BCUT2D eigenvalue weighted by molar-refractivity contribution is 0.744. The molecule has 3 rings (SSSR count). The highest BCUT2D eigenvalue weighted by Gasteiger charge is 2.15. The lowest BCUT2D eigenvalue weighted by Crippen LogP contribution is -2.24. The van der Waals surface area contributed by atoms with Gasteiger partial charge in [-0.3, -0.25) is 0 Å². The molecular formula is C16H18ClN3. The zero-order chi connectivity index (χ0) is 14.1. The quantitative estimate of drug-likeness (QED) is 0.788. The van der Waals surface area contributed by atoms with Crippen LogP contribution in [-0.4, -0.2) is 23.6 Å². The van der Waals surface area contributed by atoms with E-state index in [1.54, 1.807) is 0 Å². The third kappa shape index (κ3) is 2.50. The normalized spacial score (nSPS) is 14.2. The fraction of sp³-hybridized carbons (Fsp3) is 0.375. The van der Waals surface area contributed by atoms with Crippen LogP contribution in [0.2, 0.25) is 5.15 Å². The Labute approximate surface area is 124 Å². The van der Waals surface area contributed by atoms with E-state index in [2.05, 4.69) is 47.0 Å². The highest BCUT2D eigenvalue weighted by Crippen LogP contribution is 2.30. The van der Waals surface area contributed by atoms with Crippen molar-refractivity contribution in [2.24, 2.45) is 0 Å². The third-order valence-corrected chi connectivity index (χ3v) is 3.99. The van der Waals surface area contributed by atoms with E-state index >= 15 is 0 Å². The molecule has 0 fully saturated rings. The Hall–Kier alpha value is -1.61. The maximum Gasteiger partial charge on any atom is 0.161 e. The predicted molar refractivity (Wildman–Crippen MR) is 83.4 cm³/mol. The number of halogens is 1. The third-order valence-electron chi connectivity index (χ3n) is 3.80. The summed E-state index contributed by atoms with van der Waals surface area (Å²) in [6.07, 6.45) is 3.18. The van der Waals surface area contributed by atoms with Gasteiger partial charge in [0.2, 0.25) is 0 Å². The molecule has 0 radical (unpaired) electrons. The van der Waals surface area contributed by atoms with Gasteiger partial charge >= 0.3 is 0 Å². The Balaban J connectivity index is 2.05. The molecule has 1 aliphatic heterocycles. The van der Waals surface area contributed by atoms with Crippen molar-refractivity contribution in [3.05, 3.63) is 40.7 Å². The Morgan fingerprint density at radius 1 is 1.25 bits per heavy atom. The molecule has 0 saturated heterocycles. The average Bonchev–Trinajstić information content (AvgIpc) is 2.46. The van der Waals surface area contributed by atoms with Gasteiger partial charge in [-0.05, 0) is 49.1 Å². The van der Waals surface area contributed by atoms with Crippen molar-refractivity contribution in [2.75, 3.05) is 18.5 Å². The second-order valence-corrected chi connectivity index (χ2v) is 5.62. The van der Waals surface area contributed by atoms with Gasteiger partial charge in [0.1, 0.15) is 5.15 Å². The molecule has 3 nitrogen and oxygen atoms in total. The van der Waals surface area contributed by atoms with Crippen molar-refractivity contribution in [1.29, 1.82) is 0 Å². The first-order valence-corrected chi connectivity index (χ1v) is 7.43. The standard InChI is InChI=1S/C16H18ClN3/c1-3-13-10-15(17)19-16(18-13)12-6-7-14-11(9-12)5-4-8-20(14)2/h6-7,9-10H,3-5,8H2,1-2H3. The van der Waals surface area contributed by atoms with Crippen molar-refractivity contribution >= 4 is 17.3 Å². The number of nitrogens with zero attached hydrogens (tertiary/aromatic N) is 3. The molecule has 0 atom stereocenters. The van der Waals surface area contributed by atoms with Crippen molar-refractivity contribution in [1.82, 2.24) is 9.97 Å². The smallest absolute Gasteiger partial charge is 0.161 e. The summed E-state index contributed by atoms with van der Waals surface area (Å²) in [7, 11) is 2.14. The number of rotatable bonds is 2. The van der Waals surface area contributed by atoms with Crippen LogP contribution in [0.15, 0.2) is 24.3 Å². The van der Waals surface area contributed by atoms with Gasteiger partial charge in [-0.1, -0.05) is 18.5 Å². The molecule has 4 heteroatoms. The van der Waals surface area contributed by atoms with Crippen molar-refractivity contribution in [3.8, 4) is 11.4 Å². The van der Waals surface area contributed by atoms with Gasteiger partial charge in [0.15, 0.2) is 5.82 Å². The van der Waals surface area contributed by atoms with E-state index in [0.29, 0.717) is 5.15 Å². The van der Waals surface area contributed by atoms with Crippen LogP contribution in [0.4, 0.5) is 5.69 Å². The van der Waals surface area contributed by atoms with Crippen molar-refractivity contribution in [3.63, 3.8) is 0 Å². The van der Waals surface area contributed by atoms with E-state index < -0.39 is 0 Å². The molecule has 0 spiro atoms. The Bertz CT molecular complexity index is 640. The number of aryl methyl sites for hydroxylation is 2. The summed E-state index contributed by atoms with van der Waals surface area (Å²) < 4.78 is 0. The molecular weight excluding hydrogens is 270 g/mol. The lowest BCUT2D eigenvalue weighted by atomic mass is 9.99. The molecule has 1 aromatic carbocycles. The minimum atomic E-state index is 0.515. The fourth-order valence-corrected chi connectivity index (χ4v) is 2.90. The molecule has 0 aliphatic carbocycles. The second kappa shape index (κ2) is 5.41. The van der Waals surface area contributed by atoms with Gasteiger partial charge in [0.25, 0.3) is 0 Å². The SMILES string of the molecule is CCc1cc(Cl)nc(-c2ccc3c(c2)CCCN3C)n1. The summed E-state index contributed by atoms with van der Waals surface area (Å²) in [6, 6.07) is 8.29. The van der Waals surface area contributed by atoms with Crippen LogP contribution in [0, 0.1) is 0 Å². The van der Waals surface area contributed by atoms with Crippen molar-refractivity contribution < 1.29 is 0 Å². The summed E-state index contributed by atoms with van der Waals surface area (Å²) in [6.45, 7) is 3.20. The van der Waals surface area contributed by atoms with Crippen LogP contribution in [0.1, 0.15) is 24.6 Å². The molecule has 0 bridgehead atoms. The van der Waals surface area contributed by atoms with Crippen LogP contribution in [0.3, 0.4) is 0 Å². The maximum atomic E-state index is 6.09. The first kappa shape index (κ1) is 13.4. The number of benzene rings is 1. The van der Waals surface area contributed by atoms with E-state index in [0.717, 1.165) is 36.5 Å². The fourth-order valence-electron chi connectivity index (χ4n) is 2.70. The molecule has 1 aromatic heterocycles. The van der Waals surface area contributed by atoms with Crippen LogP contribution in [0.25, 0.3) is 11.4 Å². The molecule has 0 N–H and O–H groups in total. The van der Waals surface area contributed by atoms with E-state index in [1.807, 2.05) is 6.07 Å². The maximum absolute atomic E-state index is 6.09. The number of hydrogen-bond acceptors (Lipinski definition) is 3. The lowest BCUT2D eigenvalue weighted by Gasteiger charge is -2.27. The van der Waals surface area contributed by atoms with Gasteiger partial charge < -0.3 is 4.90 Å². The van der Waals surface area contributed by atoms with E-state index in [9.17, 15) is 0 Å². The van der Waals surface area contributed by atoms with Gasteiger partial charge in [-0.15, -0.1) is 0 Å². The van der Waals surface area contributed by atoms with E-state index in [4.69, 9.17) is 11.6 Å². The van der Waals surface area contributed by atoms with Crippen LogP contribution in [-0.2, 0) is 12.8 Å². The zero-order valence-electron chi connectivity index (χ0n) is 11.9. The van der Waals surface area contributed by atoms with E-state index in [-0.39, 0.29) is 0 Å². The molecule has 2 heterocycles. The predicted octanol–water partition coefficient (Wildman–Crippen LogP) is 3.74. The Morgan fingerprint density at radius 2 is 2.10 bits per heavy atom. The number of anilines is 1. The van der Waals surface area contributed by atoms with Crippen LogP contribution < -0.4 is 4.90 Å². The first-order valence-electron chi connectivity index (χ1n) is 7.05. The summed E-state index contributed by atoms with van der Waals surface area (Å²) in [4.78, 5) is 11.2. The molecule has 0 unspecified atom stereocenters. The molecule has 0 saturated carbocycles. The van der Waals surface area contributed by atoms with Gasteiger partial charge in [-0.25, -0.2) is 9.97 Å². The van der Waals surface area contributed by atoms with Crippen molar-refractivity contribution in [2.45, 2.75) is 26.2 Å². The topological polar surface area (TPSA) is 29.0 Å². The number of aromatic nitrogens is 2.